The Hall–Kier alpha value is -3.06. The van der Waals surface area contributed by atoms with Crippen molar-refractivity contribution < 1.29 is 9.32 Å². The Morgan fingerprint density at radius 2 is 2.00 bits per heavy atom. The molecule has 0 spiro atoms. The number of nitrogens with one attached hydrogen (secondary N) is 1. The van der Waals surface area contributed by atoms with Crippen LogP contribution in [0.15, 0.2) is 53.3 Å². The molecule has 0 aliphatic carbocycles. The van der Waals surface area contributed by atoms with Crippen LogP contribution in [0.4, 0.5) is 0 Å². The summed E-state index contributed by atoms with van der Waals surface area (Å²) in [5, 5.41) is 6.91. The molecule has 0 bridgehead atoms. The Bertz CT molecular complexity index is 875. The summed E-state index contributed by atoms with van der Waals surface area (Å²) < 4.78 is 5.26. The second kappa shape index (κ2) is 8.55. The minimum atomic E-state index is -0.348. The van der Waals surface area contributed by atoms with Crippen molar-refractivity contribution in [2.45, 2.75) is 19.4 Å². The molecule has 7 heteroatoms. The molecule has 0 aliphatic rings. The molecule has 2 heterocycles. The van der Waals surface area contributed by atoms with E-state index in [2.05, 4.69) is 20.4 Å². The molecule has 7 nitrogen and oxygen atoms in total. The number of carbonyl (C=O) groups is 1. The number of amides is 1. The summed E-state index contributed by atoms with van der Waals surface area (Å²) in [7, 11) is 3.78. The highest BCUT2D eigenvalue weighted by molar-refractivity contribution is 5.83. The lowest BCUT2D eigenvalue weighted by molar-refractivity contribution is -0.125. The van der Waals surface area contributed by atoms with Crippen LogP contribution in [0.1, 0.15) is 23.1 Å². The normalized spacial score (nSPS) is 12.1. The minimum Gasteiger partial charge on any atom is -0.354 e. The topological polar surface area (TPSA) is 84.2 Å². The number of likely N-dealkylation sites (N-methyl/N-ethyl adjacent to an activating group) is 1. The maximum atomic E-state index is 12.7. The zero-order valence-electron chi connectivity index (χ0n) is 15.7. The summed E-state index contributed by atoms with van der Waals surface area (Å²) in [6.07, 6.45) is 3.84. The van der Waals surface area contributed by atoms with E-state index in [1.54, 1.807) is 12.4 Å². The largest absolute Gasteiger partial charge is 0.354 e. The summed E-state index contributed by atoms with van der Waals surface area (Å²) in [6.45, 7) is 2.45. The van der Waals surface area contributed by atoms with Gasteiger partial charge in [-0.15, -0.1) is 0 Å². The van der Waals surface area contributed by atoms with Gasteiger partial charge in [0.2, 0.25) is 17.6 Å². The van der Waals surface area contributed by atoms with E-state index in [1.165, 1.54) is 0 Å². The van der Waals surface area contributed by atoms with Gasteiger partial charge in [-0.1, -0.05) is 35.0 Å². The maximum Gasteiger partial charge on any atom is 0.241 e. The number of carbonyl (C=O) groups excluding carboxylic acids is 1. The number of nitrogens with zero attached hydrogens (tertiary/aromatic N) is 4. The fraction of sp³-hybridized carbons (Fsp3) is 0.300. The van der Waals surface area contributed by atoms with Crippen molar-refractivity contribution in [1.29, 1.82) is 0 Å². The first-order chi connectivity index (χ1) is 13.0. The first kappa shape index (κ1) is 18.7. The molecule has 0 fully saturated rings. The third-order valence-electron chi connectivity index (χ3n) is 4.18. The van der Waals surface area contributed by atoms with Gasteiger partial charge in [0.15, 0.2) is 0 Å². The van der Waals surface area contributed by atoms with Crippen molar-refractivity contribution in [3.8, 4) is 11.4 Å². The molecule has 0 aliphatic heterocycles. The second-order valence-corrected chi connectivity index (χ2v) is 6.57. The Morgan fingerprint density at radius 3 is 2.67 bits per heavy atom. The number of aryl methyl sites for hydroxylation is 1. The molecule has 1 amide bonds. The smallest absolute Gasteiger partial charge is 0.241 e. The van der Waals surface area contributed by atoms with Crippen molar-refractivity contribution >= 4 is 5.91 Å². The van der Waals surface area contributed by atoms with Crippen molar-refractivity contribution in [3.63, 3.8) is 0 Å². The summed E-state index contributed by atoms with van der Waals surface area (Å²) in [5.41, 5.74) is 2.92. The first-order valence-electron chi connectivity index (χ1n) is 8.78. The molecule has 27 heavy (non-hydrogen) atoms. The number of hydrogen-bond donors (Lipinski definition) is 1. The predicted octanol–water partition coefficient (Wildman–Crippen LogP) is 2.40. The molecule has 3 aromatic rings. The lowest BCUT2D eigenvalue weighted by atomic mass is 10.0. The quantitative estimate of drug-likeness (QED) is 0.692. The average Bonchev–Trinajstić information content (AvgIpc) is 3.13. The van der Waals surface area contributed by atoms with Gasteiger partial charge < -0.3 is 9.84 Å². The van der Waals surface area contributed by atoms with Crippen LogP contribution in [-0.2, 0) is 11.2 Å². The third-order valence-corrected chi connectivity index (χ3v) is 4.18. The van der Waals surface area contributed by atoms with E-state index in [0.717, 1.165) is 16.7 Å². The van der Waals surface area contributed by atoms with E-state index in [4.69, 9.17) is 4.52 Å². The van der Waals surface area contributed by atoms with Crippen LogP contribution in [0.5, 0.6) is 0 Å². The lowest BCUT2D eigenvalue weighted by Gasteiger charge is -2.23. The van der Waals surface area contributed by atoms with Crippen LogP contribution < -0.4 is 5.32 Å². The number of aromatic nitrogens is 3. The zero-order valence-corrected chi connectivity index (χ0v) is 15.7. The van der Waals surface area contributed by atoms with Crippen molar-refractivity contribution in [2.24, 2.45) is 0 Å². The second-order valence-electron chi connectivity index (χ2n) is 6.57. The molecule has 1 aromatic carbocycles. The molecule has 0 unspecified atom stereocenters. The number of pyridine rings is 1. The SMILES string of the molecule is Cc1ccc([C@@H](C(=O)NCCc2nc(-c3cccnc3)no2)N(C)C)cc1. The molecule has 0 radical (unpaired) electrons. The van der Waals surface area contributed by atoms with Crippen molar-refractivity contribution in [1.82, 2.24) is 25.3 Å². The Kier molecular flexibility index (Phi) is 5.93. The Labute approximate surface area is 158 Å². The highest BCUT2D eigenvalue weighted by Gasteiger charge is 2.22. The van der Waals surface area contributed by atoms with Gasteiger partial charge in [-0.25, -0.2) is 0 Å². The molecular weight excluding hydrogens is 342 g/mol. The summed E-state index contributed by atoms with van der Waals surface area (Å²) in [5.74, 6) is 0.914. The molecule has 0 saturated heterocycles. The molecule has 1 N–H and O–H groups in total. The van der Waals surface area contributed by atoms with Crippen LogP contribution in [0, 0.1) is 6.92 Å². The van der Waals surface area contributed by atoms with Gasteiger partial charge in [0.25, 0.3) is 0 Å². The molecule has 140 valence electrons. The fourth-order valence-corrected chi connectivity index (χ4v) is 2.79. The number of benzene rings is 1. The summed E-state index contributed by atoms with van der Waals surface area (Å²) in [6, 6.07) is 11.3. The monoisotopic (exact) mass is 365 g/mol. The molecule has 3 rings (SSSR count). The van der Waals surface area contributed by atoms with Crippen LogP contribution >= 0.6 is 0 Å². The van der Waals surface area contributed by atoms with Crippen molar-refractivity contribution in [3.05, 3.63) is 65.8 Å². The highest BCUT2D eigenvalue weighted by atomic mass is 16.5. The first-order valence-corrected chi connectivity index (χ1v) is 8.78. The third kappa shape index (κ3) is 4.77. The van der Waals surface area contributed by atoms with E-state index < -0.39 is 0 Å². The lowest BCUT2D eigenvalue weighted by Crippen LogP contribution is -2.37. The van der Waals surface area contributed by atoms with Crippen LogP contribution in [0.25, 0.3) is 11.4 Å². The minimum absolute atomic E-state index is 0.0594. The van der Waals surface area contributed by atoms with Crippen LogP contribution in [-0.4, -0.2) is 46.6 Å². The van der Waals surface area contributed by atoms with Crippen LogP contribution in [0.3, 0.4) is 0 Å². The Balaban J connectivity index is 1.58. The van der Waals surface area contributed by atoms with E-state index in [9.17, 15) is 4.79 Å². The van der Waals surface area contributed by atoms with E-state index in [-0.39, 0.29) is 11.9 Å². The van der Waals surface area contributed by atoms with Crippen LogP contribution in [0.2, 0.25) is 0 Å². The van der Waals surface area contributed by atoms with E-state index in [1.807, 2.05) is 62.3 Å². The van der Waals surface area contributed by atoms with Gasteiger partial charge >= 0.3 is 0 Å². The van der Waals surface area contributed by atoms with Gasteiger partial charge in [-0.05, 0) is 38.7 Å². The number of hydrogen-bond acceptors (Lipinski definition) is 6. The molecule has 1 atom stereocenters. The Morgan fingerprint density at radius 1 is 1.22 bits per heavy atom. The van der Waals surface area contributed by atoms with Gasteiger partial charge in [0.1, 0.15) is 6.04 Å². The van der Waals surface area contributed by atoms with Gasteiger partial charge in [0.05, 0.1) is 0 Å². The highest BCUT2D eigenvalue weighted by Crippen LogP contribution is 2.19. The maximum absolute atomic E-state index is 12.7. The standard InChI is InChI=1S/C20H23N5O2/c1-14-6-8-15(9-7-14)18(25(2)3)20(26)22-12-10-17-23-19(24-27-17)16-5-4-11-21-13-16/h4-9,11,13,18H,10,12H2,1-3H3,(H,22,26)/t18-/m0/s1. The van der Waals surface area contributed by atoms with E-state index >= 15 is 0 Å². The average molecular weight is 365 g/mol. The summed E-state index contributed by atoms with van der Waals surface area (Å²) >= 11 is 0. The van der Waals surface area contributed by atoms with Crippen molar-refractivity contribution in [2.75, 3.05) is 20.6 Å². The zero-order chi connectivity index (χ0) is 19.2. The van der Waals surface area contributed by atoms with E-state index in [0.29, 0.717) is 24.7 Å². The van der Waals surface area contributed by atoms with Gasteiger partial charge in [0, 0.05) is 30.9 Å². The molecule has 2 aromatic heterocycles. The fourth-order valence-electron chi connectivity index (χ4n) is 2.79. The molecule has 0 saturated carbocycles. The number of rotatable bonds is 7. The summed E-state index contributed by atoms with van der Waals surface area (Å²) in [4.78, 5) is 22.9. The van der Waals surface area contributed by atoms with Gasteiger partial charge in [-0.2, -0.15) is 4.98 Å². The molecular formula is C20H23N5O2. The van der Waals surface area contributed by atoms with Gasteiger partial charge in [-0.3, -0.25) is 14.7 Å². The predicted molar refractivity (Wildman–Crippen MR) is 102 cm³/mol.